The van der Waals surface area contributed by atoms with E-state index < -0.39 is 48.5 Å². The molecule has 1 N–H and O–H groups in total. The Morgan fingerprint density at radius 2 is 1.36 bits per heavy atom. The second-order valence-electron chi connectivity index (χ2n) is 7.15. The number of hydrogen-bond donors (Lipinski definition) is 1. The Balaban J connectivity index is 1.68. The fourth-order valence-electron chi connectivity index (χ4n) is 2.70. The molecule has 0 fully saturated rings. The van der Waals surface area contributed by atoms with Crippen molar-refractivity contribution in [1.82, 2.24) is 5.43 Å². The van der Waals surface area contributed by atoms with Crippen molar-refractivity contribution in [3.8, 4) is 23.0 Å². The van der Waals surface area contributed by atoms with Crippen LogP contribution in [0.4, 0.5) is 26.3 Å². The molecule has 12 heteroatoms. The van der Waals surface area contributed by atoms with E-state index in [1.165, 1.54) is 6.21 Å². The summed E-state index contributed by atoms with van der Waals surface area (Å²) in [4.78, 5) is 12.5. The van der Waals surface area contributed by atoms with Gasteiger partial charge >= 0.3 is 12.4 Å². The lowest BCUT2D eigenvalue weighted by Gasteiger charge is -2.14. The molecule has 0 heterocycles. The number of rotatable bonds is 9. The summed E-state index contributed by atoms with van der Waals surface area (Å²) in [7, 11) is 0. The lowest BCUT2D eigenvalue weighted by atomic mass is 10.2. The van der Waals surface area contributed by atoms with Crippen molar-refractivity contribution >= 4 is 12.1 Å². The van der Waals surface area contributed by atoms with Crippen LogP contribution in [0.1, 0.15) is 15.9 Å². The smallest absolute Gasteiger partial charge is 0.422 e. The topological polar surface area (TPSA) is 69.2 Å². The maximum Gasteiger partial charge on any atom is 0.422 e. The Hall–Kier alpha value is -4.22. The van der Waals surface area contributed by atoms with Crippen LogP contribution in [0.5, 0.6) is 23.0 Å². The van der Waals surface area contributed by atoms with Crippen molar-refractivity contribution in [2.45, 2.75) is 12.4 Å². The first-order valence-electron chi connectivity index (χ1n) is 10.2. The molecule has 36 heavy (non-hydrogen) atoms. The molecule has 0 aliphatic carbocycles. The molecule has 6 nitrogen and oxygen atoms in total. The minimum absolute atomic E-state index is 0.394. The third kappa shape index (κ3) is 8.85. The summed E-state index contributed by atoms with van der Waals surface area (Å²) >= 11 is 0. The van der Waals surface area contributed by atoms with E-state index in [1.807, 2.05) is 18.2 Å². The maximum atomic E-state index is 12.5. The highest BCUT2D eigenvalue weighted by molar-refractivity contribution is 5.97. The van der Waals surface area contributed by atoms with Gasteiger partial charge in [0.15, 0.2) is 13.2 Å². The van der Waals surface area contributed by atoms with E-state index in [9.17, 15) is 31.1 Å². The Bertz CT molecular complexity index is 1180. The van der Waals surface area contributed by atoms with Gasteiger partial charge in [0.2, 0.25) is 0 Å². The molecule has 3 rings (SSSR count). The van der Waals surface area contributed by atoms with Crippen molar-refractivity contribution in [3.63, 3.8) is 0 Å². The second kappa shape index (κ2) is 11.5. The van der Waals surface area contributed by atoms with Gasteiger partial charge in [0.05, 0.1) is 11.8 Å². The molecule has 0 spiro atoms. The number of benzene rings is 3. The SMILES string of the molecule is O=C(N/N=C/c1ccc(Oc2ccccc2)cc1)c1cc(OCC(F)(F)F)ccc1OCC(F)(F)F. The van der Waals surface area contributed by atoms with Gasteiger partial charge in [-0.25, -0.2) is 5.43 Å². The molecular weight excluding hydrogens is 494 g/mol. The first-order chi connectivity index (χ1) is 17.0. The van der Waals surface area contributed by atoms with Crippen molar-refractivity contribution in [2.24, 2.45) is 5.10 Å². The molecule has 0 bridgehead atoms. The molecule has 0 unspecified atom stereocenters. The zero-order valence-corrected chi connectivity index (χ0v) is 18.3. The predicted octanol–water partition coefficient (Wildman–Crippen LogP) is 6.13. The van der Waals surface area contributed by atoms with E-state index in [-0.39, 0.29) is 0 Å². The zero-order chi connectivity index (χ0) is 26.2. The van der Waals surface area contributed by atoms with Crippen LogP contribution >= 0.6 is 0 Å². The van der Waals surface area contributed by atoms with Crippen LogP contribution in [-0.2, 0) is 0 Å². The number of nitrogens with zero attached hydrogens (tertiary/aromatic N) is 1. The first-order valence-corrected chi connectivity index (χ1v) is 10.2. The van der Waals surface area contributed by atoms with E-state index in [2.05, 4.69) is 20.0 Å². The minimum atomic E-state index is -4.70. The van der Waals surface area contributed by atoms with Gasteiger partial charge < -0.3 is 14.2 Å². The van der Waals surface area contributed by atoms with E-state index in [0.29, 0.717) is 17.1 Å². The number of carbonyl (C=O) groups excluding carboxylic acids is 1. The largest absolute Gasteiger partial charge is 0.484 e. The Labute approximate surface area is 201 Å². The summed E-state index contributed by atoms with van der Waals surface area (Å²) in [5.41, 5.74) is 2.15. The molecule has 3 aromatic carbocycles. The van der Waals surface area contributed by atoms with Crippen LogP contribution in [0.25, 0.3) is 0 Å². The Morgan fingerprint density at radius 1 is 0.778 bits per heavy atom. The molecular formula is C24H18F6N2O4. The fourth-order valence-corrected chi connectivity index (χ4v) is 2.70. The predicted molar refractivity (Wildman–Crippen MR) is 118 cm³/mol. The summed E-state index contributed by atoms with van der Waals surface area (Å²) in [6.07, 6.45) is -8.10. The van der Waals surface area contributed by atoms with Crippen LogP contribution < -0.4 is 19.6 Å². The molecule has 0 radical (unpaired) electrons. The summed E-state index contributed by atoms with van der Waals surface area (Å²) in [5, 5.41) is 3.73. The number of ether oxygens (including phenoxy) is 3. The van der Waals surface area contributed by atoms with Crippen molar-refractivity contribution < 1.29 is 45.3 Å². The summed E-state index contributed by atoms with van der Waals surface area (Å²) < 4.78 is 89.7. The summed E-state index contributed by atoms with van der Waals surface area (Å²) in [6.45, 7) is -3.37. The number of hydrazone groups is 1. The van der Waals surface area contributed by atoms with Crippen LogP contribution in [0.2, 0.25) is 0 Å². The number of halogens is 6. The van der Waals surface area contributed by atoms with Crippen molar-refractivity contribution in [1.29, 1.82) is 0 Å². The summed E-state index contributed by atoms with van der Waals surface area (Å²) in [6, 6.07) is 18.3. The van der Waals surface area contributed by atoms with E-state index in [1.54, 1.807) is 36.4 Å². The van der Waals surface area contributed by atoms with Gasteiger partial charge in [-0.1, -0.05) is 18.2 Å². The van der Waals surface area contributed by atoms with Gasteiger partial charge in [-0.3, -0.25) is 4.79 Å². The highest BCUT2D eigenvalue weighted by Gasteiger charge is 2.30. The van der Waals surface area contributed by atoms with Crippen LogP contribution in [0, 0.1) is 0 Å². The molecule has 0 aliphatic heterocycles. The molecule has 0 saturated carbocycles. The molecule has 190 valence electrons. The lowest BCUT2D eigenvalue weighted by molar-refractivity contribution is -0.154. The molecule has 0 atom stereocenters. The van der Waals surface area contributed by atoms with Crippen molar-refractivity contribution in [3.05, 3.63) is 83.9 Å². The van der Waals surface area contributed by atoms with Gasteiger partial charge in [-0.2, -0.15) is 31.4 Å². The van der Waals surface area contributed by atoms with Gasteiger partial charge in [0.1, 0.15) is 23.0 Å². The lowest BCUT2D eigenvalue weighted by Crippen LogP contribution is -2.23. The van der Waals surface area contributed by atoms with Crippen molar-refractivity contribution in [2.75, 3.05) is 13.2 Å². The van der Waals surface area contributed by atoms with Crippen LogP contribution in [0.15, 0.2) is 77.9 Å². The normalized spacial score (nSPS) is 11.8. The van der Waals surface area contributed by atoms with E-state index in [4.69, 9.17) is 4.74 Å². The average molecular weight is 512 g/mol. The number of hydrogen-bond acceptors (Lipinski definition) is 5. The highest BCUT2D eigenvalue weighted by atomic mass is 19.4. The van der Waals surface area contributed by atoms with Gasteiger partial charge in [-0.15, -0.1) is 0 Å². The van der Waals surface area contributed by atoms with Gasteiger partial charge in [0, 0.05) is 0 Å². The van der Waals surface area contributed by atoms with E-state index >= 15 is 0 Å². The minimum Gasteiger partial charge on any atom is -0.484 e. The average Bonchev–Trinajstić information content (AvgIpc) is 2.82. The third-order valence-corrected chi connectivity index (χ3v) is 4.23. The second-order valence-corrected chi connectivity index (χ2v) is 7.15. The number of para-hydroxylation sites is 1. The number of nitrogens with one attached hydrogen (secondary N) is 1. The third-order valence-electron chi connectivity index (χ3n) is 4.23. The molecule has 0 aliphatic rings. The monoisotopic (exact) mass is 512 g/mol. The fraction of sp³-hybridized carbons (Fsp3) is 0.167. The quantitative estimate of drug-likeness (QED) is 0.213. The maximum absolute atomic E-state index is 12.5. The highest BCUT2D eigenvalue weighted by Crippen LogP contribution is 2.28. The van der Waals surface area contributed by atoms with E-state index in [0.717, 1.165) is 18.2 Å². The molecule has 1 amide bonds. The Morgan fingerprint density at radius 3 is 2.00 bits per heavy atom. The standard InChI is InChI=1S/C24H18F6N2O4/c25-23(26,27)14-34-19-10-11-21(35-15-24(28,29)30)20(12-19)22(33)32-31-13-16-6-8-18(9-7-16)36-17-4-2-1-3-5-17/h1-13H,14-15H2,(H,32,33)/b31-13+. The Kier molecular flexibility index (Phi) is 8.41. The number of carbonyl (C=O) groups is 1. The van der Waals surface area contributed by atoms with Crippen LogP contribution in [-0.4, -0.2) is 37.7 Å². The zero-order valence-electron chi connectivity index (χ0n) is 18.3. The molecule has 3 aromatic rings. The van der Waals surface area contributed by atoms with Gasteiger partial charge in [-0.05, 0) is 60.2 Å². The number of amides is 1. The summed E-state index contributed by atoms with van der Waals surface area (Å²) in [5.74, 6) is -0.748. The van der Waals surface area contributed by atoms with Crippen LogP contribution in [0.3, 0.4) is 0 Å². The number of alkyl halides is 6. The van der Waals surface area contributed by atoms with Gasteiger partial charge in [0.25, 0.3) is 5.91 Å². The molecule has 0 saturated heterocycles. The molecule has 0 aromatic heterocycles. The first kappa shape index (κ1) is 26.4.